The third-order valence-electron chi connectivity index (χ3n) is 2.77. The molecule has 1 aromatic heterocycles. The second-order valence-electron chi connectivity index (χ2n) is 4.00. The van der Waals surface area contributed by atoms with E-state index in [2.05, 4.69) is 4.98 Å². The first kappa shape index (κ1) is 11.5. The first-order chi connectivity index (χ1) is 8.11. The smallest absolute Gasteiger partial charge is 0.354 e. The highest BCUT2D eigenvalue weighted by Crippen LogP contribution is 2.22. The van der Waals surface area contributed by atoms with E-state index in [1.165, 1.54) is 11.0 Å². The molecule has 1 atom stereocenters. The SMILES string of the molecule is NCC1CC(=O)N(c2cccc(C(=O)O)n2)C1. The van der Waals surface area contributed by atoms with Crippen molar-refractivity contribution in [1.29, 1.82) is 0 Å². The molecule has 90 valence electrons. The summed E-state index contributed by atoms with van der Waals surface area (Å²) in [6.07, 6.45) is 0.398. The second-order valence-corrected chi connectivity index (χ2v) is 4.00. The minimum absolute atomic E-state index is 0.0597. The number of anilines is 1. The average Bonchev–Trinajstić information content (AvgIpc) is 2.71. The number of carboxylic acids is 1. The highest BCUT2D eigenvalue weighted by atomic mass is 16.4. The normalized spacial score (nSPS) is 19.7. The van der Waals surface area contributed by atoms with Gasteiger partial charge in [0.1, 0.15) is 5.82 Å². The van der Waals surface area contributed by atoms with Gasteiger partial charge in [0.05, 0.1) is 0 Å². The number of nitrogens with two attached hydrogens (primary N) is 1. The number of carbonyl (C=O) groups is 2. The lowest BCUT2D eigenvalue weighted by Crippen LogP contribution is -2.27. The van der Waals surface area contributed by atoms with E-state index in [-0.39, 0.29) is 17.5 Å². The van der Waals surface area contributed by atoms with Crippen molar-refractivity contribution in [1.82, 2.24) is 4.98 Å². The molecule has 3 N–H and O–H groups in total. The molecule has 1 aromatic rings. The van der Waals surface area contributed by atoms with Gasteiger partial charge in [-0.15, -0.1) is 0 Å². The molecule has 1 amide bonds. The number of nitrogens with zero attached hydrogens (tertiary/aromatic N) is 2. The molecule has 0 bridgehead atoms. The Morgan fingerprint density at radius 2 is 2.35 bits per heavy atom. The molecule has 1 fully saturated rings. The number of rotatable bonds is 3. The molecule has 2 heterocycles. The van der Waals surface area contributed by atoms with Gasteiger partial charge in [0.2, 0.25) is 5.91 Å². The van der Waals surface area contributed by atoms with Crippen molar-refractivity contribution in [2.24, 2.45) is 11.7 Å². The Morgan fingerprint density at radius 1 is 1.59 bits per heavy atom. The van der Waals surface area contributed by atoms with Gasteiger partial charge in [0, 0.05) is 13.0 Å². The Bertz CT molecular complexity index is 461. The molecule has 0 spiro atoms. The molecule has 1 unspecified atom stereocenters. The van der Waals surface area contributed by atoms with Crippen molar-refractivity contribution >= 4 is 17.7 Å². The number of aromatic nitrogens is 1. The van der Waals surface area contributed by atoms with E-state index >= 15 is 0 Å². The molecule has 0 aliphatic carbocycles. The number of aromatic carboxylic acids is 1. The fraction of sp³-hybridized carbons (Fsp3) is 0.364. The first-order valence-corrected chi connectivity index (χ1v) is 5.32. The van der Waals surface area contributed by atoms with Crippen LogP contribution in [0.4, 0.5) is 5.82 Å². The summed E-state index contributed by atoms with van der Waals surface area (Å²) in [7, 11) is 0. The van der Waals surface area contributed by atoms with Crippen LogP contribution in [0.15, 0.2) is 18.2 Å². The molecule has 0 aromatic carbocycles. The summed E-state index contributed by atoms with van der Waals surface area (Å²) in [4.78, 5) is 27.9. The largest absolute Gasteiger partial charge is 0.477 e. The van der Waals surface area contributed by atoms with Crippen molar-refractivity contribution in [3.05, 3.63) is 23.9 Å². The molecule has 0 saturated carbocycles. The zero-order chi connectivity index (χ0) is 12.4. The summed E-state index contributed by atoms with van der Waals surface area (Å²) < 4.78 is 0. The van der Waals surface area contributed by atoms with Gasteiger partial charge in [0.15, 0.2) is 5.69 Å². The lowest BCUT2D eigenvalue weighted by atomic mass is 10.1. The number of carboxylic acid groups (broad SMARTS) is 1. The van der Waals surface area contributed by atoms with Gasteiger partial charge < -0.3 is 10.8 Å². The van der Waals surface area contributed by atoms with Crippen LogP contribution < -0.4 is 10.6 Å². The summed E-state index contributed by atoms with van der Waals surface area (Å²) in [6, 6.07) is 4.60. The molecule has 1 aliphatic rings. The Morgan fingerprint density at radius 3 is 2.94 bits per heavy atom. The maximum Gasteiger partial charge on any atom is 0.354 e. The van der Waals surface area contributed by atoms with Crippen LogP contribution in [0.5, 0.6) is 0 Å². The van der Waals surface area contributed by atoms with Gasteiger partial charge in [-0.25, -0.2) is 9.78 Å². The Hall–Kier alpha value is -1.95. The Labute approximate surface area is 98.1 Å². The van der Waals surface area contributed by atoms with Crippen molar-refractivity contribution < 1.29 is 14.7 Å². The van der Waals surface area contributed by atoms with Gasteiger partial charge in [-0.3, -0.25) is 9.69 Å². The predicted octanol–water partition coefficient (Wildman–Crippen LogP) is 0.0914. The van der Waals surface area contributed by atoms with Crippen LogP contribution >= 0.6 is 0 Å². The number of pyridine rings is 1. The molecular weight excluding hydrogens is 222 g/mol. The maximum absolute atomic E-state index is 11.7. The lowest BCUT2D eigenvalue weighted by molar-refractivity contribution is -0.117. The minimum Gasteiger partial charge on any atom is -0.477 e. The van der Waals surface area contributed by atoms with Crippen LogP contribution in [0.3, 0.4) is 0 Å². The van der Waals surface area contributed by atoms with E-state index in [0.717, 1.165) is 0 Å². The van der Waals surface area contributed by atoms with Gasteiger partial charge in [-0.05, 0) is 24.6 Å². The average molecular weight is 235 g/mol. The summed E-state index contributed by atoms with van der Waals surface area (Å²) in [6.45, 7) is 0.951. The van der Waals surface area contributed by atoms with Crippen LogP contribution in [-0.4, -0.2) is 35.1 Å². The third-order valence-corrected chi connectivity index (χ3v) is 2.77. The monoisotopic (exact) mass is 235 g/mol. The predicted molar refractivity (Wildman–Crippen MR) is 60.7 cm³/mol. The molecule has 6 nitrogen and oxygen atoms in total. The van der Waals surface area contributed by atoms with Crippen molar-refractivity contribution in [2.45, 2.75) is 6.42 Å². The molecule has 1 aliphatic heterocycles. The van der Waals surface area contributed by atoms with Crippen LogP contribution in [-0.2, 0) is 4.79 Å². The molecule has 1 saturated heterocycles. The van der Waals surface area contributed by atoms with E-state index in [9.17, 15) is 9.59 Å². The first-order valence-electron chi connectivity index (χ1n) is 5.32. The number of hydrogen-bond acceptors (Lipinski definition) is 4. The van der Waals surface area contributed by atoms with Gasteiger partial charge in [-0.1, -0.05) is 6.07 Å². The summed E-state index contributed by atoms with van der Waals surface area (Å²) in [5.74, 6) is -0.659. The topological polar surface area (TPSA) is 96.5 Å². The van der Waals surface area contributed by atoms with Crippen LogP contribution in [0.2, 0.25) is 0 Å². The van der Waals surface area contributed by atoms with Crippen molar-refractivity contribution in [3.63, 3.8) is 0 Å². The van der Waals surface area contributed by atoms with E-state index in [4.69, 9.17) is 10.8 Å². The Kier molecular flexibility index (Phi) is 3.06. The molecule has 17 heavy (non-hydrogen) atoms. The third kappa shape index (κ3) is 2.26. The summed E-state index contributed by atoms with van der Waals surface area (Å²) in [5.41, 5.74) is 5.46. The highest BCUT2D eigenvalue weighted by molar-refractivity contribution is 5.95. The molecule has 6 heteroatoms. The zero-order valence-electron chi connectivity index (χ0n) is 9.17. The van der Waals surface area contributed by atoms with Gasteiger partial charge in [0.25, 0.3) is 0 Å². The number of hydrogen-bond donors (Lipinski definition) is 2. The summed E-state index contributed by atoms with van der Waals surface area (Å²) >= 11 is 0. The van der Waals surface area contributed by atoms with Gasteiger partial charge >= 0.3 is 5.97 Å². The van der Waals surface area contributed by atoms with Crippen molar-refractivity contribution in [2.75, 3.05) is 18.0 Å². The highest BCUT2D eigenvalue weighted by Gasteiger charge is 2.30. The van der Waals surface area contributed by atoms with E-state index in [0.29, 0.717) is 25.3 Å². The second kappa shape index (κ2) is 4.50. The van der Waals surface area contributed by atoms with E-state index < -0.39 is 5.97 Å². The zero-order valence-corrected chi connectivity index (χ0v) is 9.17. The summed E-state index contributed by atoms with van der Waals surface area (Å²) in [5, 5.41) is 8.83. The lowest BCUT2D eigenvalue weighted by Gasteiger charge is -2.15. The van der Waals surface area contributed by atoms with Crippen LogP contribution in [0.1, 0.15) is 16.9 Å². The fourth-order valence-corrected chi connectivity index (χ4v) is 1.85. The van der Waals surface area contributed by atoms with Crippen LogP contribution in [0.25, 0.3) is 0 Å². The van der Waals surface area contributed by atoms with Crippen LogP contribution in [0, 0.1) is 5.92 Å². The van der Waals surface area contributed by atoms with E-state index in [1.54, 1.807) is 12.1 Å². The molecule has 2 rings (SSSR count). The van der Waals surface area contributed by atoms with Crippen molar-refractivity contribution in [3.8, 4) is 0 Å². The molecule has 0 radical (unpaired) electrons. The quantitative estimate of drug-likeness (QED) is 0.774. The Balaban J connectivity index is 2.25. The standard InChI is InChI=1S/C11H13N3O3/c12-5-7-4-10(15)14(6-7)9-3-1-2-8(13-9)11(16)17/h1-3,7H,4-6,12H2,(H,16,17). The minimum atomic E-state index is -1.10. The van der Waals surface area contributed by atoms with E-state index in [1.807, 2.05) is 0 Å². The number of amides is 1. The maximum atomic E-state index is 11.7. The fourth-order valence-electron chi connectivity index (χ4n) is 1.85. The van der Waals surface area contributed by atoms with Gasteiger partial charge in [-0.2, -0.15) is 0 Å². The number of carbonyl (C=O) groups excluding carboxylic acids is 1. The molecular formula is C11H13N3O3.